The molecule has 2 rings (SSSR count). The molecule has 1 N–H and O–H groups in total. The van der Waals surface area contributed by atoms with Crippen LogP contribution in [0.1, 0.15) is 27.2 Å². The molecule has 0 atom stereocenters. The number of nitrogens with zero attached hydrogens (tertiary/aromatic N) is 1. The van der Waals surface area contributed by atoms with Gasteiger partial charge in [-0.2, -0.15) is 0 Å². The normalized spacial score (nSPS) is 16.4. The quantitative estimate of drug-likeness (QED) is 0.676. The van der Waals surface area contributed by atoms with Crippen LogP contribution in [0.25, 0.3) is 0 Å². The summed E-state index contributed by atoms with van der Waals surface area (Å²) in [4.78, 5) is 25.0. The van der Waals surface area contributed by atoms with Gasteiger partial charge >= 0.3 is 5.97 Å². The Morgan fingerprint density at radius 2 is 2.05 bits per heavy atom. The number of fused-ring (bicyclic) bond motifs is 1. The van der Waals surface area contributed by atoms with Crippen molar-refractivity contribution in [3.05, 3.63) is 24.3 Å². The number of hydrogen-bond acceptors (Lipinski definition) is 4. The molecular formula is C15H20N2O3. The monoisotopic (exact) mass is 276 g/mol. The summed E-state index contributed by atoms with van der Waals surface area (Å²) >= 11 is 0. The number of anilines is 2. The molecule has 1 aliphatic heterocycles. The summed E-state index contributed by atoms with van der Waals surface area (Å²) in [6, 6.07) is 7.73. The van der Waals surface area contributed by atoms with E-state index in [0.29, 0.717) is 19.6 Å². The van der Waals surface area contributed by atoms with Gasteiger partial charge in [0.2, 0.25) is 0 Å². The number of para-hydroxylation sites is 2. The van der Waals surface area contributed by atoms with Crippen molar-refractivity contribution >= 4 is 23.3 Å². The van der Waals surface area contributed by atoms with Crippen LogP contribution >= 0.6 is 0 Å². The third-order valence-electron chi connectivity index (χ3n) is 3.25. The number of carbonyl (C=O) groups is 2. The maximum atomic E-state index is 12.5. The van der Waals surface area contributed by atoms with Gasteiger partial charge in [0.15, 0.2) is 0 Å². The number of rotatable bonds is 4. The molecule has 1 amide bonds. The van der Waals surface area contributed by atoms with Crippen molar-refractivity contribution in [2.24, 2.45) is 0 Å². The second-order valence-corrected chi connectivity index (χ2v) is 5.42. The van der Waals surface area contributed by atoms with Crippen LogP contribution in [-0.2, 0) is 14.3 Å². The topological polar surface area (TPSA) is 58.6 Å². The average Bonchev–Trinajstić information content (AvgIpc) is 2.37. The molecule has 0 aromatic heterocycles. The second kappa shape index (κ2) is 5.53. The van der Waals surface area contributed by atoms with Gasteiger partial charge < -0.3 is 15.0 Å². The van der Waals surface area contributed by atoms with Crippen LogP contribution in [0.5, 0.6) is 0 Å². The summed E-state index contributed by atoms with van der Waals surface area (Å²) in [6.45, 7) is 5.98. The lowest BCUT2D eigenvalue weighted by Crippen LogP contribution is -2.54. The summed E-state index contributed by atoms with van der Waals surface area (Å²) in [5.41, 5.74) is 1.19. The molecule has 1 aliphatic rings. The van der Waals surface area contributed by atoms with Crippen LogP contribution in [-0.4, -0.2) is 30.6 Å². The number of hydrogen-bond donors (Lipinski definition) is 1. The number of esters is 1. The summed E-state index contributed by atoms with van der Waals surface area (Å²) < 4.78 is 4.92. The van der Waals surface area contributed by atoms with E-state index < -0.39 is 5.54 Å². The molecule has 0 bridgehead atoms. The second-order valence-electron chi connectivity index (χ2n) is 5.42. The molecule has 0 saturated carbocycles. The first kappa shape index (κ1) is 14.4. The molecule has 20 heavy (non-hydrogen) atoms. The molecule has 0 fully saturated rings. The zero-order valence-electron chi connectivity index (χ0n) is 12.1. The molecule has 5 nitrogen and oxygen atoms in total. The van der Waals surface area contributed by atoms with E-state index in [1.165, 1.54) is 6.92 Å². The molecular weight excluding hydrogens is 256 g/mol. The van der Waals surface area contributed by atoms with Crippen molar-refractivity contribution in [1.29, 1.82) is 0 Å². The summed E-state index contributed by atoms with van der Waals surface area (Å²) in [5, 5.41) is 3.25. The minimum atomic E-state index is -0.629. The zero-order chi connectivity index (χ0) is 14.8. The highest BCUT2D eigenvalue weighted by Gasteiger charge is 2.37. The van der Waals surface area contributed by atoms with E-state index in [0.717, 1.165) is 11.4 Å². The van der Waals surface area contributed by atoms with Gasteiger partial charge in [-0.15, -0.1) is 0 Å². The lowest BCUT2D eigenvalue weighted by molar-refractivity contribution is -0.140. The van der Waals surface area contributed by atoms with Crippen molar-refractivity contribution in [1.82, 2.24) is 0 Å². The van der Waals surface area contributed by atoms with Crippen LogP contribution in [0.3, 0.4) is 0 Å². The Kier molecular flexibility index (Phi) is 3.97. The third kappa shape index (κ3) is 2.92. The van der Waals surface area contributed by atoms with Gasteiger partial charge in [0.25, 0.3) is 5.91 Å². The number of amides is 1. The number of ether oxygens (including phenoxy) is 1. The van der Waals surface area contributed by atoms with Crippen molar-refractivity contribution < 1.29 is 14.3 Å². The molecule has 1 heterocycles. The lowest BCUT2D eigenvalue weighted by atomic mass is 9.98. The largest absolute Gasteiger partial charge is 0.466 e. The highest BCUT2D eigenvalue weighted by Crippen LogP contribution is 2.34. The fourth-order valence-electron chi connectivity index (χ4n) is 2.31. The van der Waals surface area contributed by atoms with Gasteiger partial charge in [-0.3, -0.25) is 9.59 Å². The van der Waals surface area contributed by atoms with E-state index in [9.17, 15) is 9.59 Å². The van der Waals surface area contributed by atoms with Crippen molar-refractivity contribution in [3.63, 3.8) is 0 Å². The fourth-order valence-corrected chi connectivity index (χ4v) is 2.31. The minimum absolute atomic E-state index is 0.0269. The molecule has 108 valence electrons. The van der Waals surface area contributed by atoms with Crippen molar-refractivity contribution in [2.75, 3.05) is 23.4 Å². The molecule has 5 heteroatoms. The predicted octanol–water partition coefficient (Wildman–Crippen LogP) is 2.18. The fraction of sp³-hybridized carbons (Fsp3) is 0.467. The average molecular weight is 276 g/mol. The smallest absolute Gasteiger partial charge is 0.302 e. The van der Waals surface area contributed by atoms with Gasteiger partial charge in [-0.25, -0.2) is 0 Å². The Hall–Kier alpha value is -2.04. The number of carbonyl (C=O) groups excluding carboxylic acids is 2. The van der Waals surface area contributed by atoms with Crippen LogP contribution in [0, 0.1) is 0 Å². The standard InChI is InChI=1S/C15H20N2O3/c1-11(18)20-10-6-9-17-13-8-5-4-7-12(13)16-15(2,3)14(17)19/h4-5,7-8,16H,6,9-10H2,1-3H3. The summed E-state index contributed by atoms with van der Waals surface area (Å²) in [6.07, 6.45) is 0.621. The maximum Gasteiger partial charge on any atom is 0.302 e. The Morgan fingerprint density at radius 1 is 1.35 bits per heavy atom. The highest BCUT2D eigenvalue weighted by atomic mass is 16.5. The number of benzene rings is 1. The van der Waals surface area contributed by atoms with E-state index in [2.05, 4.69) is 5.32 Å². The highest BCUT2D eigenvalue weighted by molar-refractivity contribution is 6.07. The van der Waals surface area contributed by atoms with Crippen molar-refractivity contribution in [3.8, 4) is 0 Å². The van der Waals surface area contributed by atoms with Gasteiger partial charge in [0.1, 0.15) is 5.54 Å². The van der Waals surface area contributed by atoms with Crippen LogP contribution in [0.4, 0.5) is 11.4 Å². The minimum Gasteiger partial charge on any atom is -0.466 e. The third-order valence-corrected chi connectivity index (χ3v) is 3.25. The van der Waals surface area contributed by atoms with E-state index in [-0.39, 0.29) is 11.9 Å². The molecule has 0 spiro atoms. The lowest BCUT2D eigenvalue weighted by Gasteiger charge is -2.39. The van der Waals surface area contributed by atoms with E-state index in [4.69, 9.17) is 4.74 Å². The van der Waals surface area contributed by atoms with E-state index in [1.807, 2.05) is 38.1 Å². The zero-order valence-corrected chi connectivity index (χ0v) is 12.1. The predicted molar refractivity (Wildman–Crippen MR) is 77.7 cm³/mol. The molecule has 1 aromatic rings. The van der Waals surface area contributed by atoms with Gasteiger partial charge in [0, 0.05) is 13.5 Å². The van der Waals surface area contributed by atoms with Gasteiger partial charge in [-0.1, -0.05) is 12.1 Å². The molecule has 0 radical (unpaired) electrons. The Morgan fingerprint density at radius 3 is 2.75 bits per heavy atom. The summed E-state index contributed by atoms with van der Waals surface area (Å²) in [7, 11) is 0. The summed E-state index contributed by atoms with van der Waals surface area (Å²) in [5.74, 6) is -0.267. The molecule has 0 saturated heterocycles. The number of nitrogens with one attached hydrogen (secondary N) is 1. The SMILES string of the molecule is CC(=O)OCCCN1C(=O)C(C)(C)Nc2ccccc21. The van der Waals surface area contributed by atoms with Gasteiger partial charge in [-0.05, 0) is 32.4 Å². The van der Waals surface area contributed by atoms with Crippen molar-refractivity contribution in [2.45, 2.75) is 32.7 Å². The first-order valence-electron chi connectivity index (χ1n) is 6.74. The van der Waals surface area contributed by atoms with E-state index >= 15 is 0 Å². The first-order chi connectivity index (χ1) is 9.42. The Bertz CT molecular complexity index is 526. The van der Waals surface area contributed by atoms with Crippen LogP contribution in [0.15, 0.2) is 24.3 Å². The molecule has 1 aromatic carbocycles. The first-order valence-corrected chi connectivity index (χ1v) is 6.74. The maximum absolute atomic E-state index is 12.5. The van der Waals surface area contributed by atoms with E-state index in [1.54, 1.807) is 4.90 Å². The van der Waals surface area contributed by atoms with Crippen LogP contribution in [0.2, 0.25) is 0 Å². The van der Waals surface area contributed by atoms with Crippen LogP contribution < -0.4 is 10.2 Å². The molecule has 0 aliphatic carbocycles. The Balaban J connectivity index is 2.13. The van der Waals surface area contributed by atoms with Gasteiger partial charge in [0.05, 0.1) is 18.0 Å². The Labute approximate surface area is 118 Å². The molecule has 0 unspecified atom stereocenters.